The number of carbonyl (C=O) groups excluding carboxylic acids is 1. The van der Waals surface area contributed by atoms with E-state index in [1.54, 1.807) is 0 Å². The van der Waals surface area contributed by atoms with Gasteiger partial charge in [0, 0.05) is 10.9 Å². The van der Waals surface area contributed by atoms with Crippen LogP contribution in [0.5, 0.6) is 0 Å². The Hall–Kier alpha value is -1.45. The minimum Gasteiger partial charge on any atom is -0.369 e. The van der Waals surface area contributed by atoms with E-state index in [4.69, 9.17) is 4.74 Å². The first-order valence-corrected chi connectivity index (χ1v) is 6.91. The van der Waals surface area contributed by atoms with E-state index in [9.17, 15) is 4.79 Å². The van der Waals surface area contributed by atoms with E-state index in [1.165, 1.54) is 0 Å². The predicted molar refractivity (Wildman–Crippen MR) is 79.0 cm³/mol. The minimum absolute atomic E-state index is 0.100. The lowest BCUT2D eigenvalue weighted by Crippen LogP contribution is -2.11. The first kappa shape index (κ1) is 14.0. The normalized spacial score (nSPS) is 10.4. The van der Waals surface area contributed by atoms with Gasteiger partial charge in [-0.1, -0.05) is 58.4 Å². The van der Waals surface area contributed by atoms with Gasteiger partial charge in [-0.3, -0.25) is 4.79 Å². The summed E-state index contributed by atoms with van der Waals surface area (Å²) in [6.07, 6.45) is 0.432. The number of hydrogen-bond donors (Lipinski definition) is 0. The molecule has 0 N–H and O–H groups in total. The molecule has 0 radical (unpaired) electrons. The molecule has 0 fully saturated rings. The smallest absolute Gasteiger partial charge is 0.162 e. The van der Waals surface area contributed by atoms with Gasteiger partial charge in [-0.15, -0.1) is 0 Å². The highest BCUT2D eigenvalue weighted by atomic mass is 79.9. The lowest BCUT2D eigenvalue weighted by Gasteiger charge is -2.04. The average Bonchev–Trinajstić information content (AvgIpc) is 2.42. The summed E-state index contributed by atoms with van der Waals surface area (Å²) < 4.78 is 6.47. The van der Waals surface area contributed by atoms with Gasteiger partial charge in [0.15, 0.2) is 5.78 Å². The van der Waals surface area contributed by atoms with E-state index >= 15 is 0 Å². The molecule has 2 aromatic carbocycles. The third-order valence-corrected chi connectivity index (χ3v) is 3.22. The first-order chi connectivity index (χ1) is 9.24. The van der Waals surface area contributed by atoms with Crippen molar-refractivity contribution in [1.82, 2.24) is 0 Å². The second kappa shape index (κ2) is 7.22. The van der Waals surface area contributed by atoms with Crippen molar-refractivity contribution in [2.45, 2.75) is 13.0 Å². The van der Waals surface area contributed by atoms with Gasteiger partial charge < -0.3 is 4.74 Å². The van der Waals surface area contributed by atoms with Crippen molar-refractivity contribution in [2.24, 2.45) is 0 Å². The van der Waals surface area contributed by atoms with Crippen molar-refractivity contribution in [3.8, 4) is 0 Å². The molecule has 19 heavy (non-hydrogen) atoms. The van der Waals surface area contributed by atoms with E-state index in [0.29, 0.717) is 13.0 Å². The number of carbonyl (C=O) groups is 1. The summed E-state index contributed by atoms with van der Waals surface area (Å²) in [7, 11) is 0. The zero-order valence-electron chi connectivity index (χ0n) is 10.5. The van der Waals surface area contributed by atoms with Crippen LogP contribution in [0.25, 0.3) is 0 Å². The van der Waals surface area contributed by atoms with E-state index in [1.807, 2.05) is 54.6 Å². The molecule has 0 unspecified atom stereocenters. The van der Waals surface area contributed by atoms with E-state index in [0.717, 1.165) is 15.6 Å². The van der Waals surface area contributed by atoms with Crippen molar-refractivity contribution in [1.29, 1.82) is 0 Å². The maximum absolute atomic E-state index is 11.7. The Labute approximate surface area is 121 Å². The van der Waals surface area contributed by atoms with E-state index in [-0.39, 0.29) is 12.4 Å². The monoisotopic (exact) mass is 318 g/mol. The van der Waals surface area contributed by atoms with E-state index in [2.05, 4.69) is 15.9 Å². The Balaban J connectivity index is 1.74. The Kier molecular flexibility index (Phi) is 5.31. The minimum atomic E-state index is 0.100. The van der Waals surface area contributed by atoms with Gasteiger partial charge >= 0.3 is 0 Å². The zero-order chi connectivity index (χ0) is 13.5. The summed E-state index contributed by atoms with van der Waals surface area (Å²) in [5.74, 6) is 0.100. The molecule has 0 bridgehead atoms. The van der Waals surface area contributed by atoms with Crippen LogP contribution in [0.4, 0.5) is 0 Å². The standard InChI is InChI=1S/C16H15BrO2/c17-15-8-6-14(7-9-15)11-19-12-16(18)10-13-4-2-1-3-5-13/h1-9H,10-12H2. The van der Waals surface area contributed by atoms with Crippen LogP contribution in [0, 0.1) is 0 Å². The number of ketones is 1. The molecule has 3 heteroatoms. The van der Waals surface area contributed by atoms with Gasteiger partial charge in [-0.2, -0.15) is 0 Å². The SMILES string of the molecule is O=C(COCc1ccc(Br)cc1)Cc1ccccc1. The van der Waals surface area contributed by atoms with Crippen molar-refractivity contribution in [3.05, 3.63) is 70.2 Å². The summed E-state index contributed by atoms with van der Waals surface area (Å²) in [6.45, 7) is 0.624. The summed E-state index contributed by atoms with van der Waals surface area (Å²) in [5, 5.41) is 0. The number of rotatable bonds is 6. The number of hydrogen-bond acceptors (Lipinski definition) is 2. The fourth-order valence-corrected chi connectivity index (χ4v) is 2.00. The number of benzene rings is 2. The van der Waals surface area contributed by atoms with Crippen LogP contribution >= 0.6 is 15.9 Å². The van der Waals surface area contributed by atoms with Crippen LogP contribution < -0.4 is 0 Å². The highest BCUT2D eigenvalue weighted by Crippen LogP contribution is 2.11. The summed E-state index contributed by atoms with van der Waals surface area (Å²) >= 11 is 3.38. The van der Waals surface area contributed by atoms with Gasteiger partial charge in [-0.25, -0.2) is 0 Å². The third-order valence-electron chi connectivity index (χ3n) is 2.69. The van der Waals surface area contributed by atoms with E-state index < -0.39 is 0 Å². The van der Waals surface area contributed by atoms with Gasteiger partial charge in [0.1, 0.15) is 6.61 Å². The van der Waals surface area contributed by atoms with Gasteiger partial charge in [0.05, 0.1) is 6.61 Å². The fourth-order valence-electron chi connectivity index (χ4n) is 1.74. The summed E-state index contributed by atoms with van der Waals surface area (Å²) in [6, 6.07) is 17.6. The van der Waals surface area contributed by atoms with Crippen molar-refractivity contribution >= 4 is 21.7 Å². The molecule has 0 atom stereocenters. The molecule has 0 saturated carbocycles. The van der Waals surface area contributed by atoms with Crippen molar-refractivity contribution in [2.75, 3.05) is 6.61 Å². The average molecular weight is 319 g/mol. The molecule has 0 spiro atoms. The Bertz CT molecular complexity index is 520. The Morgan fingerprint density at radius 1 is 0.947 bits per heavy atom. The lowest BCUT2D eigenvalue weighted by molar-refractivity contribution is -0.123. The molecule has 0 saturated heterocycles. The van der Waals surface area contributed by atoms with Crippen LogP contribution in [0.3, 0.4) is 0 Å². The molecular weight excluding hydrogens is 304 g/mol. The van der Waals surface area contributed by atoms with Crippen LogP contribution in [-0.2, 0) is 22.6 Å². The van der Waals surface area contributed by atoms with Crippen molar-refractivity contribution < 1.29 is 9.53 Å². The maximum Gasteiger partial charge on any atom is 0.162 e. The van der Waals surface area contributed by atoms with Crippen LogP contribution in [0.15, 0.2) is 59.1 Å². The Morgan fingerprint density at radius 3 is 2.32 bits per heavy atom. The number of ether oxygens (including phenoxy) is 1. The molecule has 0 aromatic heterocycles. The second-order valence-electron chi connectivity index (χ2n) is 4.32. The summed E-state index contributed by atoms with van der Waals surface area (Å²) in [4.78, 5) is 11.7. The second-order valence-corrected chi connectivity index (χ2v) is 5.24. The molecule has 2 nitrogen and oxygen atoms in total. The first-order valence-electron chi connectivity index (χ1n) is 6.12. The molecular formula is C16H15BrO2. The zero-order valence-corrected chi connectivity index (χ0v) is 12.1. The molecule has 0 heterocycles. The topological polar surface area (TPSA) is 26.3 Å². The predicted octanol–water partition coefficient (Wildman–Crippen LogP) is 3.78. The van der Waals surface area contributed by atoms with Crippen LogP contribution in [-0.4, -0.2) is 12.4 Å². The summed E-state index contributed by atoms with van der Waals surface area (Å²) in [5.41, 5.74) is 2.09. The lowest BCUT2D eigenvalue weighted by atomic mass is 10.1. The molecule has 0 aliphatic carbocycles. The van der Waals surface area contributed by atoms with Crippen LogP contribution in [0.2, 0.25) is 0 Å². The highest BCUT2D eigenvalue weighted by molar-refractivity contribution is 9.10. The third kappa shape index (κ3) is 4.97. The maximum atomic E-state index is 11.7. The van der Waals surface area contributed by atoms with Crippen molar-refractivity contribution in [3.63, 3.8) is 0 Å². The van der Waals surface area contributed by atoms with Gasteiger partial charge in [-0.05, 0) is 23.3 Å². The van der Waals surface area contributed by atoms with Gasteiger partial charge in [0.25, 0.3) is 0 Å². The molecule has 2 aromatic rings. The fraction of sp³-hybridized carbons (Fsp3) is 0.188. The van der Waals surface area contributed by atoms with Crippen LogP contribution in [0.1, 0.15) is 11.1 Å². The molecule has 0 aliphatic heterocycles. The number of halogens is 1. The molecule has 0 aliphatic rings. The highest BCUT2D eigenvalue weighted by Gasteiger charge is 2.03. The molecule has 2 rings (SSSR count). The number of Topliss-reactive ketones (excluding diaryl/α,β-unsaturated/α-hetero) is 1. The Morgan fingerprint density at radius 2 is 1.63 bits per heavy atom. The van der Waals surface area contributed by atoms with Gasteiger partial charge in [0.2, 0.25) is 0 Å². The quantitative estimate of drug-likeness (QED) is 0.810. The largest absolute Gasteiger partial charge is 0.369 e. The molecule has 0 amide bonds. The molecule has 98 valence electrons.